The second kappa shape index (κ2) is 9.63. The van der Waals surface area contributed by atoms with E-state index >= 15 is 0 Å². The van der Waals surface area contributed by atoms with E-state index in [1.807, 2.05) is 12.1 Å². The molecule has 0 aliphatic carbocycles. The Kier molecular flexibility index (Phi) is 7.52. The second-order valence-corrected chi connectivity index (χ2v) is 7.79. The van der Waals surface area contributed by atoms with Crippen LogP contribution in [0.25, 0.3) is 0 Å². The predicted octanol–water partition coefficient (Wildman–Crippen LogP) is 4.00. The quantitative estimate of drug-likeness (QED) is 0.708. The molecule has 2 N–H and O–H groups in total. The number of hydrogen-bond acceptors (Lipinski definition) is 5. The number of aromatic amines is 1. The zero-order valence-corrected chi connectivity index (χ0v) is 16.3. The minimum absolute atomic E-state index is 0.130. The molecule has 136 valence electrons. The lowest BCUT2D eigenvalue weighted by Crippen LogP contribution is -2.22. The van der Waals surface area contributed by atoms with Gasteiger partial charge in [0.1, 0.15) is 0 Å². The fourth-order valence-corrected chi connectivity index (χ4v) is 3.08. The normalized spacial score (nSPS) is 11.3. The number of nitrogens with one attached hydrogen (secondary N) is 2. The highest BCUT2D eigenvalue weighted by molar-refractivity contribution is 7.99. The Bertz CT molecular complexity index is 708. The van der Waals surface area contributed by atoms with Crippen LogP contribution < -0.4 is 10.9 Å². The highest BCUT2D eigenvalue weighted by Gasteiger charge is 2.05. The molecular formula is C19H28N4OS. The Morgan fingerprint density at radius 1 is 1.20 bits per heavy atom. The van der Waals surface area contributed by atoms with Crippen molar-refractivity contribution in [2.45, 2.75) is 45.2 Å². The molecule has 0 aliphatic heterocycles. The van der Waals surface area contributed by atoms with Crippen LogP contribution in [0.15, 0.2) is 35.1 Å². The van der Waals surface area contributed by atoms with Crippen LogP contribution in [0.5, 0.6) is 0 Å². The molecule has 0 radical (unpaired) electrons. The highest BCUT2D eigenvalue weighted by atomic mass is 32.2. The summed E-state index contributed by atoms with van der Waals surface area (Å²) in [6.07, 6.45) is 0. The Morgan fingerprint density at radius 2 is 1.88 bits per heavy atom. The molecule has 1 heterocycles. The zero-order chi connectivity index (χ0) is 18.2. The van der Waals surface area contributed by atoms with Gasteiger partial charge in [0.2, 0.25) is 5.95 Å². The van der Waals surface area contributed by atoms with Gasteiger partial charge in [-0.2, -0.15) is 11.8 Å². The minimum Gasteiger partial charge on any atom is -0.326 e. The van der Waals surface area contributed by atoms with Crippen LogP contribution in [0.2, 0.25) is 0 Å². The van der Waals surface area contributed by atoms with Crippen molar-refractivity contribution in [3.8, 4) is 0 Å². The van der Waals surface area contributed by atoms with Gasteiger partial charge in [0.25, 0.3) is 5.56 Å². The predicted molar refractivity (Wildman–Crippen MR) is 108 cm³/mol. The SMILES string of the molecule is CCN(CC)Cc1ccc(Nc2nc(CSC(C)C)cc(=O)[nH]2)cc1. The summed E-state index contributed by atoms with van der Waals surface area (Å²) in [5, 5.41) is 3.70. The Hall–Kier alpha value is -1.79. The van der Waals surface area contributed by atoms with Gasteiger partial charge in [0, 0.05) is 24.1 Å². The zero-order valence-electron chi connectivity index (χ0n) is 15.5. The number of rotatable bonds is 9. The first-order chi connectivity index (χ1) is 12.0. The van der Waals surface area contributed by atoms with Crippen molar-refractivity contribution < 1.29 is 0 Å². The monoisotopic (exact) mass is 360 g/mol. The van der Waals surface area contributed by atoms with Gasteiger partial charge in [-0.3, -0.25) is 14.7 Å². The van der Waals surface area contributed by atoms with Gasteiger partial charge in [-0.25, -0.2) is 4.98 Å². The van der Waals surface area contributed by atoms with Crippen LogP contribution in [0.1, 0.15) is 39.0 Å². The van der Waals surface area contributed by atoms with E-state index in [2.05, 4.69) is 60.0 Å². The van der Waals surface area contributed by atoms with E-state index in [1.54, 1.807) is 17.8 Å². The number of benzene rings is 1. The first-order valence-electron chi connectivity index (χ1n) is 8.80. The maximum atomic E-state index is 11.8. The van der Waals surface area contributed by atoms with Crippen LogP contribution in [0.3, 0.4) is 0 Å². The third-order valence-electron chi connectivity index (χ3n) is 3.88. The molecular weight excluding hydrogens is 332 g/mol. The molecule has 5 nitrogen and oxygen atoms in total. The van der Waals surface area contributed by atoms with Gasteiger partial charge in [-0.05, 0) is 36.0 Å². The maximum Gasteiger partial charge on any atom is 0.252 e. The lowest BCUT2D eigenvalue weighted by molar-refractivity contribution is 0.296. The van der Waals surface area contributed by atoms with E-state index in [0.29, 0.717) is 11.2 Å². The van der Waals surface area contributed by atoms with Crippen molar-refractivity contribution in [2.75, 3.05) is 18.4 Å². The molecule has 1 aromatic heterocycles. The van der Waals surface area contributed by atoms with Crippen molar-refractivity contribution in [2.24, 2.45) is 0 Å². The number of hydrogen-bond donors (Lipinski definition) is 2. The van der Waals surface area contributed by atoms with E-state index < -0.39 is 0 Å². The third-order valence-corrected chi connectivity index (χ3v) is 5.01. The van der Waals surface area contributed by atoms with Gasteiger partial charge in [0.05, 0.1) is 5.69 Å². The van der Waals surface area contributed by atoms with Crippen molar-refractivity contribution >= 4 is 23.4 Å². The summed E-state index contributed by atoms with van der Waals surface area (Å²) in [7, 11) is 0. The van der Waals surface area contributed by atoms with Gasteiger partial charge in [-0.15, -0.1) is 0 Å². The molecule has 2 aromatic rings. The molecule has 0 spiro atoms. The van der Waals surface area contributed by atoms with E-state index in [-0.39, 0.29) is 5.56 Å². The van der Waals surface area contributed by atoms with Gasteiger partial charge >= 0.3 is 0 Å². The summed E-state index contributed by atoms with van der Waals surface area (Å²) < 4.78 is 0. The van der Waals surface area contributed by atoms with Gasteiger partial charge < -0.3 is 5.32 Å². The minimum atomic E-state index is -0.130. The van der Waals surface area contributed by atoms with Crippen LogP contribution in [-0.4, -0.2) is 33.2 Å². The summed E-state index contributed by atoms with van der Waals surface area (Å²) >= 11 is 1.77. The van der Waals surface area contributed by atoms with Crippen molar-refractivity contribution in [1.82, 2.24) is 14.9 Å². The number of thioether (sulfide) groups is 1. The summed E-state index contributed by atoms with van der Waals surface area (Å²) in [5.41, 5.74) is 2.86. The standard InChI is InChI=1S/C19H28N4OS/c1-5-23(6-2)12-15-7-9-16(10-8-15)20-19-21-17(11-18(24)22-19)13-25-14(3)4/h7-11,14H,5-6,12-13H2,1-4H3,(H2,20,21,22,24). The first kappa shape index (κ1) is 19.5. The largest absolute Gasteiger partial charge is 0.326 e. The molecule has 0 aliphatic rings. The Morgan fingerprint density at radius 3 is 2.48 bits per heavy atom. The second-order valence-electron chi connectivity index (χ2n) is 6.23. The smallest absolute Gasteiger partial charge is 0.252 e. The molecule has 0 fully saturated rings. The number of H-pyrrole nitrogens is 1. The average Bonchev–Trinajstić information content (AvgIpc) is 2.59. The fraction of sp³-hybridized carbons (Fsp3) is 0.474. The van der Waals surface area contributed by atoms with Gasteiger partial charge in [-0.1, -0.05) is 39.8 Å². The molecule has 2 rings (SSSR count). The van der Waals surface area contributed by atoms with Crippen molar-refractivity contribution in [3.05, 3.63) is 51.9 Å². The van der Waals surface area contributed by atoms with E-state index in [1.165, 1.54) is 5.56 Å². The molecule has 0 saturated carbocycles. The molecule has 0 unspecified atom stereocenters. The van der Waals surface area contributed by atoms with E-state index in [9.17, 15) is 4.79 Å². The lowest BCUT2D eigenvalue weighted by Gasteiger charge is -2.18. The van der Waals surface area contributed by atoms with Crippen molar-refractivity contribution in [3.63, 3.8) is 0 Å². The molecule has 6 heteroatoms. The molecule has 0 saturated heterocycles. The summed E-state index contributed by atoms with van der Waals surface area (Å²) in [5.74, 6) is 1.22. The first-order valence-corrected chi connectivity index (χ1v) is 9.85. The summed E-state index contributed by atoms with van der Waals surface area (Å²) in [4.78, 5) is 21.5. The fourth-order valence-electron chi connectivity index (χ4n) is 2.43. The summed E-state index contributed by atoms with van der Waals surface area (Å²) in [6, 6.07) is 9.82. The molecule has 0 amide bonds. The number of aromatic nitrogens is 2. The van der Waals surface area contributed by atoms with Crippen LogP contribution in [-0.2, 0) is 12.3 Å². The van der Waals surface area contributed by atoms with Crippen molar-refractivity contribution in [1.29, 1.82) is 0 Å². The molecule has 0 bridgehead atoms. The van der Waals surface area contributed by atoms with Gasteiger partial charge in [0.15, 0.2) is 0 Å². The third kappa shape index (κ3) is 6.55. The lowest BCUT2D eigenvalue weighted by atomic mass is 10.2. The Balaban J connectivity index is 2.05. The summed E-state index contributed by atoms with van der Waals surface area (Å²) in [6.45, 7) is 11.7. The topological polar surface area (TPSA) is 61.0 Å². The molecule has 25 heavy (non-hydrogen) atoms. The average molecular weight is 361 g/mol. The van der Waals surface area contributed by atoms with Crippen LogP contribution in [0.4, 0.5) is 11.6 Å². The molecule has 0 atom stereocenters. The highest BCUT2D eigenvalue weighted by Crippen LogP contribution is 2.17. The van der Waals surface area contributed by atoms with Crippen LogP contribution >= 0.6 is 11.8 Å². The number of nitrogens with zero attached hydrogens (tertiary/aromatic N) is 2. The van der Waals surface area contributed by atoms with E-state index in [4.69, 9.17) is 0 Å². The van der Waals surface area contributed by atoms with Crippen LogP contribution in [0, 0.1) is 0 Å². The maximum absolute atomic E-state index is 11.8. The van der Waals surface area contributed by atoms with E-state index in [0.717, 1.165) is 36.8 Å². The molecule has 1 aromatic carbocycles. The number of anilines is 2. The Labute approximate surface area is 154 Å².